The van der Waals surface area contributed by atoms with Gasteiger partial charge in [0.1, 0.15) is 0 Å². The zero-order valence-electron chi connectivity index (χ0n) is 9.34. The number of hydrogen-bond donors (Lipinski definition) is 1. The van der Waals surface area contributed by atoms with Crippen molar-refractivity contribution in [3.8, 4) is 6.07 Å². The van der Waals surface area contributed by atoms with Crippen molar-refractivity contribution in [1.82, 2.24) is 9.97 Å². The molecular formula is C13H11N3O. The van der Waals surface area contributed by atoms with E-state index in [1.54, 1.807) is 24.5 Å². The number of nitriles is 1. The average Bonchev–Trinajstić information content (AvgIpc) is 2.39. The molecule has 0 aliphatic carbocycles. The molecule has 4 heteroatoms. The van der Waals surface area contributed by atoms with Gasteiger partial charge in [-0.2, -0.15) is 5.26 Å². The van der Waals surface area contributed by atoms with Gasteiger partial charge in [-0.25, -0.2) is 9.78 Å². The fourth-order valence-electron chi connectivity index (χ4n) is 1.63. The number of rotatable bonds is 2. The minimum Gasteiger partial charge on any atom is -0.312 e. The van der Waals surface area contributed by atoms with Crippen molar-refractivity contribution in [2.75, 3.05) is 0 Å². The first-order valence-corrected chi connectivity index (χ1v) is 5.25. The van der Waals surface area contributed by atoms with Gasteiger partial charge in [0.05, 0.1) is 11.6 Å². The lowest BCUT2D eigenvalue weighted by Crippen LogP contribution is -2.10. The highest BCUT2D eigenvalue weighted by atomic mass is 16.1. The fourth-order valence-corrected chi connectivity index (χ4v) is 1.63. The first kappa shape index (κ1) is 11.1. The molecule has 0 amide bonds. The van der Waals surface area contributed by atoms with Crippen LogP contribution < -0.4 is 5.69 Å². The van der Waals surface area contributed by atoms with Gasteiger partial charge in [0.2, 0.25) is 0 Å². The summed E-state index contributed by atoms with van der Waals surface area (Å²) in [5.41, 5.74) is 2.31. The number of aromatic amines is 1. The number of nitrogens with one attached hydrogen (secondary N) is 1. The highest BCUT2D eigenvalue weighted by Crippen LogP contribution is 2.22. The van der Waals surface area contributed by atoms with E-state index >= 15 is 0 Å². The van der Waals surface area contributed by atoms with Gasteiger partial charge in [0.25, 0.3) is 0 Å². The molecule has 1 N–H and O–H groups in total. The van der Waals surface area contributed by atoms with Crippen molar-refractivity contribution in [3.05, 3.63) is 63.8 Å². The molecule has 0 fully saturated rings. The second-order valence-corrected chi connectivity index (χ2v) is 3.81. The standard InChI is InChI=1S/C13H11N3O/c1-9(12-7-15-13(17)16-8-12)11-4-2-10(6-14)3-5-11/h2-5,7-9H,1H3,(H,15,16,17). The molecule has 0 radical (unpaired) electrons. The third kappa shape index (κ3) is 2.40. The molecule has 0 aliphatic heterocycles. The highest BCUT2D eigenvalue weighted by molar-refractivity contribution is 5.35. The molecule has 1 atom stereocenters. The van der Waals surface area contributed by atoms with E-state index in [1.165, 1.54) is 0 Å². The molecule has 1 unspecified atom stereocenters. The maximum Gasteiger partial charge on any atom is 0.344 e. The van der Waals surface area contributed by atoms with Crippen LogP contribution in [0.15, 0.2) is 41.5 Å². The van der Waals surface area contributed by atoms with Crippen LogP contribution in [0.4, 0.5) is 0 Å². The minimum atomic E-state index is -0.347. The van der Waals surface area contributed by atoms with Gasteiger partial charge >= 0.3 is 5.69 Å². The number of nitrogens with zero attached hydrogens (tertiary/aromatic N) is 2. The van der Waals surface area contributed by atoms with E-state index in [-0.39, 0.29) is 11.6 Å². The van der Waals surface area contributed by atoms with Crippen LogP contribution in [-0.2, 0) is 0 Å². The SMILES string of the molecule is CC(c1ccc(C#N)cc1)c1cnc(=O)[nH]c1. The van der Waals surface area contributed by atoms with Gasteiger partial charge in [-0.05, 0) is 23.3 Å². The van der Waals surface area contributed by atoms with Crippen LogP contribution in [0.2, 0.25) is 0 Å². The summed E-state index contributed by atoms with van der Waals surface area (Å²) in [4.78, 5) is 17.1. The lowest BCUT2D eigenvalue weighted by Gasteiger charge is -2.11. The van der Waals surface area contributed by atoms with Crippen molar-refractivity contribution in [2.24, 2.45) is 0 Å². The van der Waals surface area contributed by atoms with E-state index < -0.39 is 0 Å². The quantitative estimate of drug-likeness (QED) is 0.847. The molecule has 0 saturated heterocycles. The summed E-state index contributed by atoms with van der Waals surface area (Å²) in [7, 11) is 0. The van der Waals surface area contributed by atoms with E-state index in [4.69, 9.17) is 5.26 Å². The molecule has 1 heterocycles. The van der Waals surface area contributed by atoms with Gasteiger partial charge in [0, 0.05) is 18.3 Å². The zero-order valence-corrected chi connectivity index (χ0v) is 9.34. The smallest absolute Gasteiger partial charge is 0.312 e. The lowest BCUT2D eigenvalue weighted by molar-refractivity contribution is 0.883. The average molecular weight is 225 g/mol. The molecule has 84 valence electrons. The molecule has 4 nitrogen and oxygen atoms in total. The van der Waals surface area contributed by atoms with Crippen molar-refractivity contribution in [1.29, 1.82) is 5.26 Å². The molecule has 0 aliphatic rings. The minimum absolute atomic E-state index is 0.132. The molecule has 0 saturated carbocycles. The Labute approximate surface area is 98.6 Å². The second kappa shape index (κ2) is 4.62. The van der Waals surface area contributed by atoms with Crippen LogP contribution in [0.3, 0.4) is 0 Å². The fraction of sp³-hybridized carbons (Fsp3) is 0.154. The van der Waals surface area contributed by atoms with Gasteiger partial charge in [-0.1, -0.05) is 19.1 Å². The molecule has 2 aromatic rings. The monoisotopic (exact) mass is 225 g/mol. The normalized spacial score (nSPS) is 11.8. The van der Waals surface area contributed by atoms with E-state index in [0.717, 1.165) is 11.1 Å². The van der Waals surface area contributed by atoms with Gasteiger partial charge in [0.15, 0.2) is 0 Å². The van der Waals surface area contributed by atoms with Crippen LogP contribution in [0.1, 0.15) is 29.5 Å². The van der Waals surface area contributed by atoms with E-state index in [0.29, 0.717) is 5.56 Å². The van der Waals surface area contributed by atoms with Gasteiger partial charge in [-0.3, -0.25) is 0 Å². The molecule has 0 spiro atoms. The van der Waals surface area contributed by atoms with Crippen molar-refractivity contribution in [2.45, 2.75) is 12.8 Å². The molecule has 1 aromatic heterocycles. The number of aromatic nitrogens is 2. The Kier molecular flexibility index (Phi) is 3.01. The molecular weight excluding hydrogens is 214 g/mol. The van der Waals surface area contributed by atoms with Crippen molar-refractivity contribution < 1.29 is 0 Å². The summed E-state index contributed by atoms with van der Waals surface area (Å²) in [6.45, 7) is 2.02. The summed E-state index contributed by atoms with van der Waals surface area (Å²) >= 11 is 0. The summed E-state index contributed by atoms with van der Waals surface area (Å²) in [6, 6.07) is 9.47. The Morgan fingerprint density at radius 2 is 2.00 bits per heavy atom. The maximum atomic E-state index is 10.9. The second-order valence-electron chi connectivity index (χ2n) is 3.81. The third-order valence-electron chi connectivity index (χ3n) is 2.73. The maximum absolute atomic E-state index is 10.9. The molecule has 1 aromatic carbocycles. The topological polar surface area (TPSA) is 69.5 Å². The Hall–Kier alpha value is -2.41. The molecule has 0 bridgehead atoms. The Morgan fingerprint density at radius 1 is 1.29 bits per heavy atom. The van der Waals surface area contributed by atoms with Crippen LogP contribution >= 0.6 is 0 Å². The molecule has 2 rings (SSSR count). The Bertz CT molecular complexity index is 587. The molecule has 17 heavy (non-hydrogen) atoms. The van der Waals surface area contributed by atoms with Crippen molar-refractivity contribution in [3.63, 3.8) is 0 Å². The third-order valence-corrected chi connectivity index (χ3v) is 2.73. The lowest BCUT2D eigenvalue weighted by atomic mass is 9.95. The highest BCUT2D eigenvalue weighted by Gasteiger charge is 2.08. The largest absolute Gasteiger partial charge is 0.344 e. The number of benzene rings is 1. The number of H-pyrrole nitrogens is 1. The summed E-state index contributed by atoms with van der Waals surface area (Å²) < 4.78 is 0. The first-order valence-electron chi connectivity index (χ1n) is 5.25. The van der Waals surface area contributed by atoms with E-state index in [1.807, 2.05) is 19.1 Å². The Morgan fingerprint density at radius 3 is 2.53 bits per heavy atom. The van der Waals surface area contributed by atoms with Crippen molar-refractivity contribution >= 4 is 0 Å². The number of hydrogen-bond acceptors (Lipinski definition) is 3. The predicted molar refractivity (Wildman–Crippen MR) is 63.5 cm³/mol. The predicted octanol–water partition coefficient (Wildman–Crippen LogP) is 1.79. The summed E-state index contributed by atoms with van der Waals surface area (Å²) in [6.07, 6.45) is 3.24. The van der Waals surface area contributed by atoms with E-state index in [2.05, 4.69) is 16.0 Å². The van der Waals surface area contributed by atoms with Crippen LogP contribution in [0.25, 0.3) is 0 Å². The first-order chi connectivity index (χ1) is 8.20. The van der Waals surface area contributed by atoms with E-state index in [9.17, 15) is 4.79 Å². The van der Waals surface area contributed by atoms with Crippen LogP contribution in [-0.4, -0.2) is 9.97 Å². The summed E-state index contributed by atoms with van der Waals surface area (Å²) in [5, 5.41) is 8.71. The van der Waals surface area contributed by atoms with Crippen LogP contribution in [0.5, 0.6) is 0 Å². The van der Waals surface area contributed by atoms with Gasteiger partial charge in [-0.15, -0.1) is 0 Å². The van der Waals surface area contributed by atoms with Gasteiger partial charge < -0.3 is 4.98 Å². The summed E-state index contributed by atoms with van der Waals surface area (Å²) in [5.74, 6) is 0.132. The zero-order chi connectivity index (χ0) is 12.3. The Balaban J connectivity index is 2.30. The van der Waals surface area contributed by atoms with Crippen LogP contribution in [0, 0.1) is 11.3 Å².